The fourth-order valence-electron chi connectivity index (χ4n) is 2.99. The summed E-state index contributed by atoms with van der Waals surface area (Å²) in [7, 11) is 4.05. The molecule has 0 saturated heterocycles. The third kappa shape index (κ3) is 10.1. The zero-order valence-corrected chi connectivity index (χ0v) is 21.3. The number of carbonyl (C=O) groups excluding carboxylic acids is 3. The van der Waals surface area contributed by atoms with Crippen LogP contribution in [-0.4, -0.2) is 44.3 Å². The Hall–Kier alpha value is -3.97. The van der Waals surface area contributed by atoms with E-state index in [1.165, 1.54) is 21.3 Å². The lowest BCUT2D eigenvalue weighted by Gasteiger charge is -2.08. The normalized spacial score (nSPS) is 12.2. The second-order valence-electron chi connectivity index (χ2n) is 7.65. The number of esters is 3. The van der Waals surface area contributed by atoms with E-state index in [9.17, 15) is 19.5 Å². The molecule has 7 nitrogen and oxygen atoms in total. The van der Waals surface area contributed by atoms with Gasteiger partial charge in [0.2, 0.25) is 0 Å². The van der Waals surface area contributed by atoms with Crippen LogP contribution in [0.2, 0.25) is 0 Å². The maximum Gasteiger partial charge on any atom is 0.339 e. The number of carbonyl (C=O) groups is 3. The molecule has 0 fully saturated rings. The van der Waals surface area contributed by atoms with Crippen molar-refractivity contribution < 1.29 is 33.7 Å². The predicted octanol–water partition coefficient (Wildman–Crippen LogP) is 4.82. The van der Waals surface area contributed by atoms with Gasteiger partial charge in [0.15, 0.2) is 6.10 Å². The molecule has 36 heavy (non-hydrogen) atoms. The molecule has 1 N–H and O–H groups in total. The van der Waals surface area contributed by atoms with E-state index < -0.39 is 12.1 Å². The van der Waals surface area contributed by atoms with Crippen LogP contribution >= 0.6 is 0 Å². The van der Waals surface area contributed by atoms with Crippen LogP contribution in [-0.2, 0) is 28.6 Å². The van der Waals surface area contributed by atoms with Gasteiger partial charge in [-0.2, -0.15) is 0 Å². The third-order valence-electron chi connectivity index (χ3n) is 5.25. The molecular weight excluding hydrogens is 460 g/mol. The van der Waals surface area contributed by atoms with Crippen molar-refractivity contribution in [2.24, 2.45) is 0 Å². The number of hydrogen-bond donors (Lipinski definition) is 1. The highest BCUT2D eigenvalue weighted by Crippen LogP contribution is 2.16. The van der Waals surface area contributed by atoms with Crippen LogP contribution in [0.1, 0.15) is 48.5 Å². The topological polar surface area (TPSA) is 99.1 Å². The Morgan fingerprint density at radius 2 is 0.806 bits per heavy atom. The highest BCUT2D eigenvalue weighted by molar-refractivity contribution is 5.78. The fraction of sp³-hybridized carbons (Fsp3) is 0.276. The van der Waals surface area contributed by atoms with E-state index in [2.05, 4.69) is 14.2 Å². The maximum atomic E-state index is 11.1. The van der Waals surface area contributed by atoms with Gasteiger partial charge in [0.1, 0.15) is 0 Å². The molecule has 3 aromatic carbocycles. The monoisotopic (exact) mass is 494 g/mol. The van der Waals surface area contributed by atoms with E-state index >= 15 is 0 Å². The van der Waals surface area contributed by atoms with Crippen molar-refractivity contribution in [1.82, 2.24) is 0 Å². The van der Waals surface area contributed by atoms with Gasteiger partial charge in [0.25, 0.3) is 0 Å². The van der Waals surface area contributed by atoms with Gasteiger partial charge in [-0.3, -0.25) is 9.59 Å². The number of hydrogen-bond acceptors (Lipinski definition) is 7. The summed E-state index contributed by atoms with van der Waals surface area (Å²) in [5.74, 6) is -1.36. The smallest absolute Gasteiger partial charge is 0.339 e. The van der Waals surface area contributed by atoms with E-state index in [-0.39, 0.29) is 23.8 Å². The van der Waals surface area contributed by atoms with Gasteiger partial charge >= 0.3 is 17.9 Å². The van der Waals surface area contributed by atoms with Gasteiger partial charge in [-0.25, -0.2) is 4.79 Å². The number of rotatable bonds is 6. The van der Waals surface area contributed by atoms with Crippen molar-refractivity contribution in [3.63, 3.8) is 0 Å². The van der Waals surface area contributed by atoms with Crippen molar-refractivity contribution in [2.45, 2.75) is 31.8 Å². The molecule has 3 atom stereocenters. The molecule has 192 valence electrons. The molecule has 3 rings (SSSR count). The van der Waals surface area contributed by atoms with Crippen LogP contribution in [0.3, 0.4) is 0 Å². The lowest BCUT2D eigenvalue weighted by molar-refractivity contribution is -0.150. The number of ether oxygens (including phenoxy) is 3. The Morgan fingerprint density at radius 1 is 0.528 bits per heavy atom. The first-order chi connectivity index (χ1) is 17.3. The first-order valence-corrected chi connectivity index (χ1v) is 11.3. The summed E-state index contributed by atoms with van der Waals surface area (Å²) in [5, 5.41) is 9.31. The molecule has 0 aromatic heterocycles. The van der Waals surface area contributed by atoms with Gasteiger partial charge < -0.3 is 19.3 Å². The van der Waals surface area contributed by atoms with E-state index in [1.807, 2.05) is 80.6 Å². The molecule has 0 heterocycles. The lowest BCUT2D eigenvalue weighted by Crippen LogP contribution is -2.13. The molecule has 3 unspecified atom stereocenters. The van der Waals surface area contributed by atoms with Crippen LogP contribution in [0.15, 0.2) is 91.0 Å². The molecule has 0 radical (unpaired) electrons. The zero-order chi connectivity index (χ0) is 26.9. The summed E-state index contributed by atoms with van der Waals surface area (Å²) in [5.41, 5.74) is 2.53. The largest absolute Gasteiger partial charge is 0.469 e. The van der Waals surface area contributed by atoms with Gasteiger partial charge in [-0.1, -0.05) is 91.0 Å². The predicted molar refractivity (Wildman–Crippen MR) is 137 cm³/mol. The first kappa shape index (κ1) is 30.1. The highest BCUT2D eigenvalue weighted by atomic mass is 16.5. The minimum absolute atomic E-state index is 0.170. The summed E-state index contributed by atoms with van der Waals surface area (Å²) in [6.07, 6.45) is -1.17. The van der Waals surface area contributed by atoms with Crippen LogP contribution in [0, 0.1) is 0 Å². The van der Waals surface area contributed by atoms with Crippen molar-refractivity contribution in [2.75, 3.05) is 21.3 Å². The van der Waals surface area contributed by atoms with Crippen molar-refractivity contribution >= 4 is 17.9 Å². The second-order valence-corrected chi connectivity index (χ2v) is 7.65. The Bertz CT molecular complexity index is 900. The Kier molecular flexibility index (Phi) is 13.9. The second kappa shape index (κ2) is 16.6. The number of benzene rings is 3. The minimum atomic E-state index is -1.17. The van der Waals surface area contributed by atoms with Crippen LogP contribution in [0.5, 0.6) is 0 Å². The molecule has 0 aliphatic carbocycles. The van der Waals surface area contributed by atoms with E-state index in [0.29, 0.717) is 5.56 Å². The Labute approximate surface area is 212 Å². The molecule has 7 heteroatoms. The fourth-order valence-corrected chi connectivity index (χ4v) is 2.99. The third-order valence-corrected chi connectivity index (χ3v) is 5.25. The average molecular weight is 495 g/mol. The summed E-state index contributed by atoms with van der Waals surface area (Å²) < 4.78 is 13.6. The Morgan fingerprint density at radius 3 is 1.08 bits per heavy atom. The van der Waals surface area contributed by atoms with Crippen LogP contribution in [0.25, 0.3) is 0 Å². The van der Waals surface area contributed by atoms with Crippen molar-refractivity contribution in [3.05, 3.63) is 108 Å². The molecule has 0 aliphatic heterocycles. The number of aliphatic hydroxyl groups is 1. The van der Waals surface area contributed by atoms with Gasteiger partial charge in [0, 0.05) is 0 Å². The quantitative estimate of drug-likeness (QED) is 0.387. The SMILES string of the molecule is COC(=O)C(C)c1ccccc1.COC(=O)C(C)c1ccccc1.COC(=O)C(O)c1ccccc1. The van der Waals surface area contributed by atoms with Gasteiger partial charge in [0.05, 0.1) is 33.2 Å². The standard InChI is InChI=1S/2C10H12O2.C9H10O3/c2*1-8(10(11)12-2)9-6-4-3-5-7-9;1-12-9(11)8(10)7-5-3-2-4-6-7/h2*3-8H,1-2H3;2-6,8,10H,1H3. The number of aliphatic hydroxyl groups excluding tert-OH is 1. The molecule has 0 aliphatic rings. The summed E-state index contributed by atoms with van der Waals surface area (Å²) in [6, 6.07) is 27.8. The summed E-state index contributed by atoms with van der Waals surface area (Å²) in [6.45, 7) is 3.67. The van der Waals surface area contributed by atoms with Crippen LogP contribution in [0.4, 0.5) is 0 Å². The van der Waals surface area contributed by atoms with E-state index in [4.69, 9.17) is 0 Å². The van der Waals surface area contributed by atoms with Crippen molar-refractivity contribution in [3.8, 4) is 0 Å². The molecule has 0 spiro atoms. The average Bonchev–Trinajstić information content (AvgIpc) is 2.96. The molecule has 0 amide bonds. The van der Waals surface area contributed by atoms with Crippen LogP contribution < -0.4 is 0 Å². The number of methoxy groups -OCH3 is 3. The molecule has 0 saturated carbocycles. The minimum Gasteiger partial charge on any atom is -0.469 e. The van der Waals surface area contributed by atoms with E-state index in [1.54, 1.807) is 24.3 Å². The lowest BCUT2D eigenvalue weighted by atomic mass is 10.0. The van der Waals surface area contributed by atoms with Gasteiger partial charge in [-0.15, -0.1) is 0 Å². The maximum absolute atomic E-state index is 11.1. The molecule has 3 aromatic rings. The van der Waals surface area contributed by atoms with Crippen molar-refractivity contribution in [1.29, 1.82) is 0 Å². The molecule has 0 bridgehead atoms. The molecular formula is C29H34O7. The summed E-state index contributed by atoms with van der Waals surface area (Å²) >= 11 is 0. The van der Waals surface area contributed by atoms with Gasteiger partial charge in [-0.05, 0) is 30.5 Å². The Balaban J connectivity index is 0.000000270. The zero-order valence-electron chi connectivity index (χ0n) is 21.3. The first-order valence-electron chi connectivity index (χ1n) is 11.3. The summed E-state index contributed by atoms with van der Waals surface area (Å²) in [4.78, 5) is 33.0. The van der Waals surface area contributed by atoms with E-state index in [0.717, 1.165) is 11.1 Å². The highest BCUT2D eigenvalue weighted by Gasteiger charge is 2.17.